The van der Waals surface area contributed by atoms with Crippen molar-refractivity contribution in [1.82, 2.24) is 14.8 Å². The van der Waals surface area contributed by atoms with Crippen molar-refractivity contribution in [3.63, 3.8) is 0 Å². The van der Waals surface area contributed by atoms with Crippen molar-refractivity contribution in [2.45, 2.75) is 19.4 Å². The molecule has 0 spiro atoms. The minimum Gasteiger partial charge on any atom is -0.436 e. The molecule has 0 aliphatic rings. The van der Waals surface area contributed by atoms with Crippen LogP contribution >= 0.6 is 0 Å². The fourth-order valence-corrected chi connectivity index (χ4v) is 3.04. The summed E-state index contributed by atoms with van der Waals surface area (Å²) >= 11 is 0. The zero-order chi connectivity index (χ0) is 19.9. The maximum atomic E-state index is 12.3. The highest BCUT2D eigenvalue weighted by atomic mass is 16.4. The van der Waals surface area contributed by atoms with Crippen LogP contribution in [-0.2, 0) is 12.6 Å². The van der Waals surface area contributed by atoms with E-state index in [-0.39, 0.29) is 5.91 Å². The molecule has 0 radical (unpaired) electrons. The Bertz CT molecular complexity index is 1150. The molecule has 7 heteroatoms. The molecule has 0 aliphatic carbocycles. The lowest BCUT2D eigenvalue weighted by Gasteiger charge is -2.17. The number of rotatable bonds is 4. The molecule has 2 heterocycles. The predicted molar refractivity (Wildman–Crippen MR) is 106 cm³/mol. The van der Waals surface area contributed by atoms with Gasteiger partial charge in [0.1, 0.15) is 11.2 Å². The number of aryl methyl sites for hydroxylation is 1. The van der Waals surface area contributed by atoms with E-state index < -0.39 is 5.60 Å². The van der Waals surface area contributed by atoms with E-state index in [0.29, 0.717) is 33.9 Å². The van der Waals surface area contributed by atoms with Crippen LogP contribution in [0.2, 0.25) is 0 Å². The zero-order valence-corrected chi connectivity index (χ0v) is 15.8. The number of carbonyl (C=O) groups excluding carboxylic acids is 1. The van der Waals surface area contributed by atoms with Gasteiger partial charge in [0.2, 0.25) is 5.89 Å². The van der Waals surface area contributed by atoms with Crippen LogP contribution in [0.25, 0.3) is 22.6 Å². The van der Waals surface area contributed by atoms with E-state index in [2.05, 4.69) is 15.4 Å². The number of fused-ring (bicyclic) bond motifs is 1. The van der Waals surface area contributed by atoms with E-state index in [1.54, 1.807) is 45.3 Å². The number of nitrogens with one attached hydrogen (secondary N) is 1. The number of oxazole rings is 1. The summed E-state index contributed by atoms with van der Waals surface area (Å²) in [4.78, 5) is 16.8. The second kappa shape index (κ2) is 6.61. The Morgan fingerprint density at radius 3 is 2.54 bits per heavy atom. The van der Waals surface area contributed by atoms with Crippen LogP contribution in [0.15, 0.2) is 59.1 Å². The van der Waals surface area contributed by atoms with Gasteiger partial charge < -0.3 is 14.8 Å². The van der Waals surface area contributed by atoms with Gasteiger partial charge in [0.05, 0.1) is 5.60 Å². The molecule has 2 N–H and O–H groups in total. The standard InChI is InChI=1S/C21H20N4O3/c1-21(2,27)15-5-4-6-16-18(15)28-20(24-16)13-7-9-14(10-8-13)23-19(26)17-11-12-22-25(17)3/h4-12,27H,1-3H3,(H,23,26). The molecule has 142 valence electrons. The van der Waals surface area contributed by atoms with Crippen molar-refractivity contribution in [2.24, 2.45) is 7.05 Å². The first-order chi connectivity index (χ1) is 13.3. The molecule has 0 saturated heterocycles. The fourth-order valence-electron chi connectivity index (χ4n) is 3.04. The fraction of sp³-hybridized carbons (Fsp3) is 0.190. The molecular weight excluding hydrogens is 356 g/mol. The highest BCUT2D eigenvalue weighted by molar-refractivity contribution is 6.03. The summed E-state index contributed by atoms with van der Waals surface area (Å²) in [5, 5.41) is 17.2. The van der Waals surface area contributed by atoms with E-state index in [1.165, 1.54) is 4.68 Å². The number of carbonyl (C=O) groups is 1. The molecule has 0 bridgehead atoms. The van der Waals surface area contributed by atoms with Crippen LogP contribution in [0.5, 0.6) is 0 Å². The SMILES string of the molecule is Cn1nccc1C(=O)Nc1ccc(-c2nc3cccc(C(C)(C)O)c3o2)cc1. The number of hydrogen-bond acceptors (Lipinski definition) is 5. The summed E-state index contributed by atoms with van der Waals surface area (Å²) in [6.07, 6.45) is 1.58. The molecule has 28 heavy (non-hydrogen) atoms. The molecule has 0 fully saturated rings. The van der Waals surface area contributed by atoms with Gasteiger partial charge in [0.15, 0.2) is 5.58 Å². The van der Waals surface area contributed by atoms with Crippen molar-refractivity contribution in [3.8, 4) is 11.5 Å². The van der Waals surface area contributed by atoms with Gasteiger partial charge in [-0.1, -0.05) is 12.1 Å². The Balaban J connectivity index is 1.61. The van der Waals surface area contributed by atoms with Crippen molar-refractivity contribution in [2.75, 3.05) is 5.32 Å². The smallest absolute Gasteiger partial charge is 0.273 e. The third-order valence-electron chi connectivity index (χ3n) is 4.52. The number of nitrogens with zero attached hydrogens (tertiary/aromatic N) is 3. The molecule has 4 rings (SSSR count). The van der Waals surface area contributed by atoms with Crippen molar-refractivity contribution in [1.29, 1.82) is 0 Å². The highest BCUT2D eigenvalue weighted by Crippen LogP contribution is 2.32. The topological polar surface area (TPSA) is 93.2 Å². The second-order valence-electron chi connectivity index (χ2n) is 7.10. The largest absolute Gasteiger partial charge is 0.436 e. The number of hydrogen-bond donors (Lipinski definition) is 2. The Kier molecular flexibility index (Phi) is 4.24. The summed E-state index contributed by atoms with van der Waals surface area (Å²) < 4.78 is 7.45. The van der Waals surface area contributed by atoms with Gasteiger partial charge in [0.25, 0.3) is 5.91 Å². The first-order valence-electron chi connectivity index (χ1n) is 8.85. The first-order valence-corrected chi connectivity index (χ1v) is 8.85. The van der Waals surface area contributed by atoms with Crippen LogP contribution in [-0.4, -0.2) is 25.8 Å². The van der Waals surface area contributed by atoms with Gasteiger partial charge in [0, 0.05) is 30.1 Å². The molecule has 0 atom stereocenters. The second-order valence-corrected chi connectivity index (χ2v) is 7.10. The van der Waals surface area contributed by atoms with E-state index in [4.69, 9.17) is 4.42 Å². The lowest BCUT2D eigenvalue weighted by Crippen LogP contribution is -2.15. The lowest BCUT2D eigenvalue weighted by atomic mass is 9.98. The third-order valence-corrected chi connectivity index (χ3v) is 4.52. The predicted octanol–water partition coefficient (Wildman–Crippen LogP) is 3.71. The van der Waals surface area contributed by atoms with E-state index in [9.17, 15) is 9.90 Å². The zero-order valence-electron chi connectivity index (χ0n) is 15.8. The van der Waals surface area contributed by atoms with Gasteiger partial charge in [-0.15, -0.1) is 0 Å². The molecule has 0 saturated carbocycles. The van der Waals surface area contributed by atoms with Crippen molar-refractivity contribution < 1.29 is 14.3 Å². The van der Waals surface area contributed by atoms with Crippen LogP contribution in [0.1, 0.15) is 29.9 Å². The number of amides is 1. The Hall–Kier alpha value is -3.45. The minimum absolute atomic E-state index is 0.232. The number of para-hydroxylation sites is 1. The summed E-state index contributed by atoms with van der Waals surface area (Å²) in [7, 11) is 1.72. The quantitative estimate of drug-likeness (QED) is 0.566. The number of aromatic nitrogens is 3. The van der Waals surface area contributed by atoms with E-state index in [1.807, 2.05) is 30.3 Å². The molecule has 0 aliphatic heterocycles. The molecule has 7 nitrogen and oxygen atoms in total. The first kappa shape index (κ1) is 17.9. The van der Waals surface area contributed by atoms with Crippen molar-refractivity contribution >= 4 is 22.7 Å². The van der Waals surface area contributed by atoms with E-state index in [0.717, 1.165) is 5.56 Å². The van der Waals surface area contributed by atoms with Gasteiger partial charge in [-0.3, -0.25) is 9.48 Å². The Morgan fingerprint density at radius 1 is 1.14 bits per heavy atom. The Morgan fingerprint density at radius 2 is 1.89 bits per heavy atom. The highest BCUT2D eigenvalue weighted by Gasteiger charge is 2.22. The van der Waals surface area contributed by atoms with Gasteiger partial charge in [-0.05, 0) is 50.2 Å². The van der Waals surface area contributed by atoms with Crippen LogP contribution in [0, 0.1) is 0 Å². The van der Waals surface area contributed by atoms with Crippen LogP contribution in [0.3, 0.4) is 0 Å². The number of anilines is 1. The maximum absolute atomic E-state index is 12.3. The normalized spacial score (nSPS) is 11.7. The monoisotopic (exact) mass is 376 g/mol. The van der Waals surface area contributed by atoms with E-state index >= 15 is 0 Å². The third kappa shape index (κ3) is 3.27. The minimum atomic E-state index is -1.03. The molecule has 0 unspecified atom stereocenters. The van der Waals surface area contributed by atoms with Crippen LogP contribution in [0.4, 0.5) is 5.69 Å². The molecular formula is C21H20N4O3. The average molecular weight is 376 g/mol. The molecule has 2 aromatic heterocycles. The van der Waals surface area contributed by atoms with Crippen molar-refractivity contribution in [3.05, 3.63) is 66.0 Å². The molecule has 2 aromatic carbocycles. The summed E-state index contributed by atoms with van der Waals surface area (Å²) in [6, 6.07) is 14.4. The average Bonchev–Trinajstić information content (AvgIpc) is 3.27. The summed E-state index contributed by atoms with van der Waals surface area (Å²) in [5.41, 5.74) is 2.81. The number of benzene rings is 2. The summed E-state index contributed by atoms with van der Waals surface area (Å²) in [5.74, 6) is 0.223. The Labute approximate surface area is 161 Å². The molecule has 1 amide bonds. The van der Waals surface area contributed by atoms with Gasteiger partial charge in [-0.2, -0.15) is 5.10 Å². The molecule has 4 aromatic rings. The summed E-state index contributed by atoms with van der Waals surface area (Å²) in [6.45, 7) is 3.42. The van der Waals surface area contributed by atoms with Gasteiger partial charge in [-0.25, -0.2) is 4.98 Å². The number of aliphatic hydroxyl groups is 1. The van der Waals surface area contributed by atoms with Crippen LogP contribution < -0.4 is 5.32 Å². The van der Waals surface area contributed by atoms with Gasteiger partial charge >= 0.3 is 0 Å². The lowest BCUT2D eigenvalue weighted by molar-refractivity contribution is 0.0792. The maximum Gasteiger partial charge on any atom is 0.273 e.